The standard InChI is InChI=1S/C17H18/c1-14-11-15(2)13-17(12-14)10-6-9-16-7-4-3-5-8-16/h3-9,11-13H,10H2,1-2H3. The van der Waals surface area contributed by atoms with Gasteiger partial charge in [0.05, 0.1) is 0 Å². The molecule has 2 aromatic carbocycles. The lowest BCUT2D eigenvalue weighted by Crippen LogP contribution is -1.85. The second-order valence-corrected chi connectivity index (χ2v) is 4.51. The first-order valence-electron chi connectivity index (χ1n) is 6.03. The highest BCUT2D eigenvalue weighted by Gasteiger charge is 1.93. The molecule has 17 heavy (non-hydrogen) atoms. The van der Waals surface area contributed by atoms with Crippen molar-refractivity contribution in [1.29, 1.82) is 0 Å². The highest BCUT2D eigenvalue weighted by Crippen LogP contribution is 2.10. The lowest BCUT2D eigenvalue weighted by atomic mass is 10.0. The van der Waals surface area contributed by atoms with E-state index >= 15 is 0 Å². The van der Waals surface area contributed by atoms with Crippen LogP contribution in [0.2, 0.25) is 0 Å². The zero-order chi connectivity index (χ0) is 12.1. The van der Waals surface area contributed by atoms with Gasteiger partial charge >= 0.3 is 0 Å². The van der Waals surface area contributed by atoms with Crippen LogP contribution in [-0.4, -0.2) is 0 Å². The summed E-state index contributed by atoms with van der Waals surface area (Å²) in [6.45, 7) is 4.30. The Morgan fingerprint density at radius 2 is 1.53 bits per heavy atom. The van der Waals surface area contributed by atoms with E-state index in [4.69, 9.17) is 0 Å². The van der Waals surface area contributed by atoms with Gasteiger partial charge in [0.1, 0.15) is 0 Å². The van der Waals surface area contributed by atoms with Crippen molar-refractivity contribution < 1.29 is 0 Å². The van der Waals surface area contributed by atoms with Gasteiger partial charge in [-0.1, -0.05) is 71.8 Å². The van der Waals surface area contributed by atoms with Gasteiger partial charge in [0.25, 0.3) is 0 Å². The van der Waals surface area contributed by atoms with Crippen LogP contribution < -0.4 is 0 Å². The molecule has 0 spiro atoms. The van der Waals surface area contributed by atoms with Crippen molar-refractivity contribution in [3.63, 3.8) is 0 Å². The molecule has 0 atom stereocenters. The van der Waals surface area contributed by atoms with Crippen LogP contribution in [0.4, 0.5) is 0 Å². The average Bonchev–Trinajstić information content (AvgIpc) is 2.29. The van der Waals surface area contributed by atoms with Crippen LogP contribution >= 0.6 is 0 Å². The molecule has 0 nitrogen and oxygen atoms in total. The number of benzene rings is 2. The van der Waals surface area contributed by atoms with E-state index < -0.39 is 0 Å². The third kappa shape index (κ3) is 3.60. The van der Waals surface area contributed by atoms with Gasteiger partial charge in [-0.2, -0.15) is 0 Å². The summed E-state index contributed by atoms with van der Waals surface area (Å²) in [6, 6.07) is 17.1. The summed E-state index contributed by atoms with van der Waals surface area (Å²) >= 11 is 0. The van der Waals surface area contributed by atoms with E-state index in [1.165, 1.54) is 22.3 Å². The molecule has 0 saturated carbocycles. The Morgan fingerprint density at radius 1 is 0.882 bits per heavy atom. The zero-order valence-corrected chi connectivity index (χ0v) is 10.5. The lowest BCUT2D eigenvalue weighted by molar-refractivity contribution is 1.23. The molecule has 86 valence electrons. The smallest absolute Gasteiger partial charge is 0.00939 e. The highest BCUT2D eigenvalue weighted by atomic mass is 14.0. The van der Waals surface area contributed by atoms with Crippen molar-refractivity contribution in [2.45, 2.75) is 20.3 Å². The molecule has 0 aromatic heterocycles. The average molecular weight is 222 g/mol. The Bertz CT molecular complexity index is 487. The predicted octanol–water partition coefficient (Wildman–Crippen LogP) is 4.56. The fourth-order valence-corrected chi connectivity index (χ4v) is 2.08. The summed E-state index contributed by atoms with van der Waals surface area (Å²) in [5, 5.41) is 0. The van der Waals surface area contributed by atoms with Crippen LogP contribution in [0.25, 0.3) is 6.08 Å². The van der Waals surface area contributed by atoms with Gasteiger partial charge in [-0.25, -0.2) is 0 Å². The van der Waals surface area contributed by atoms with Gasteiger partial charge in [0.2, 0.25) is 0 Å². The molecular formula is C17H18. The Hall–Kier alpha value is -1.82. The topological polar surface area (TPSA) is 0 Å². The van der Waals surface area contributed by atoms with Gasteiger partial charge in [0.15, 0.2) is 0 Å². The van der Waals surface area contributed by atoms with Crippen LogP contribution in [0.1, 0.15) is 22.3 Å². The molecule has 0 heteroatoms. The van der Waals surface area contributed by atoms with Crippen LogP contribution in [0.15, 0.2) is 54.6 Å². The lowest BCUT2D eigenvalue weighted by Gasteiger charge is -2.01. The van der Waals surface area contributed by atoms with Crippen molar-refractivity contribution in [3.8, 4) is 0 Å². The summed E-state index contributed by atoms with van der Waals surface area (Å²) in [5.41, 5.74) is 5.33. The molecule has 0 bridgehead atoms. The van der Waals surface area contributed by atoms with Gasteiger partial charge in [-0.3, -0.25) is 0 Å². The summed E-state index contributed by atoms with van der Waals surface area (Å²) in [6.07, 6.45) is 5.40. The molecule has 0 aliphatic heterocycles. The van der Waals surface area contributed by atoms with E-state index in [1.54, 1.807) is 0 Å². The quantitative estimate of drug-likeness (QED) is 0.714. The minimum Gasteiger partial charge on any atom is -0.0795 e. The highest BCUT2D eigenvalue weighted by molar-refractivity contribution is 5.49. The largest absolute Gasteiger partial charge is 0.0795 e. The maximum atomic E-state index is 2.25. The second-order valence-electron chi connectivity index (χ2n) is 4.51. The zero-order valence-electron chi connectivity index (χ0n) is 10.5. The van der Waals surface area contributed by atoms with Crippen LogP contribution in [0.5, 0.6) is 0 Å². The molecule has 0 N–H and O–H groups in total. The molecule has 0 fully saturated rings. The Balaban J connectivity index is 2.05. The maximum absolute atomic E-state index is 2.25. The number of hydrogen-bond donors (Lipinski definition) is 0. The Labute approximate surface area is 104 Å². The molecule has 0 aliphatic rings. The number of allylic oxidation sites excluding steroid dienone is 1. The SMILES string of the molecule is Cc1cc(C)cc(CC=Cc2ccccc2)c1. The third-order valence-electron chi connectivity index (χ3n) is 2.74. The van der Waals surface area contributed by atoms with E-state index in [2.05, 4.69) is 68.5 Å². The number of hydrogen-bond acceptors (Lipinski definition) is 0. The molecule has 2 aromatic rings. The second kappa shape index (κ2) is 5.49. The fourth-order valence-electron chi connectivity index (χ4n) is 2.08. The molecule has 0 radical (unpaired) electrons. The van der Waals surface area contributed by atoms with E-state index in [0.29, 0.717) is 0 Å². The molecular weight excluding hydrogens is 204 g/mol. The first-order valence-corrected chi connectivity index (χ1v) is 6.03. The maximum Gasteiger partial charge on any atom is -0.00939 e. The first kappa shape index (κ1) is 11.7. The van der Waals surface area contributed by atoms with E-state index in [9.17, 15) is 0 Å². The van der Waals surface area contributed by atoms with E-state index in [-0.39, 0.29) is 0 Å². The summed E-state index contributed by atoms with van der Waals surface area (Å²) in [5.74, 6) is 0. The monoisotopic (exact) mass is 222 g/mol. The molecule has 2 rings (SSSR count). The van der Waals surface area contributed by atoms with Gasteiger partial charge < -0.3 is 0 Å². The third-order valence-corrected chi connectivity index (χ3v) is 2.74. The number of aryl methyl sites for hydroxylation is 2. The Morgan fingerprint density at radius 3 is 2.18 bits per heavy atom. The number of rotatable bonds is 3. The fraction of sp³-hybridized carbons (Fsp3) is 0.176. The molecule has 0 amide bonds. The minimum absolute atomic E-state index is 0.997. The summed E-state index contributed by atoms with van der Waals surface area (Å²) in [4.78, 5) is 0. The summed E-state index contributed by atoms with van der Waals surface area (Å²) in [7, 11) is 0. The van der Waals surface area contributed by atoms with Gasteiger partial charge in [0, 0.05) is 0 Å². The van der Waals surface area contributed by atoms with Crippen molar-refractivity contribution in [2.75, 3.05) is 0 Å². The Kier molecular flexibility index (Phi) is 3.77. The molecule has 0 aliphatic carbocycles. The van der Waals surface area contributed by atoms with Crippen molar-refractivity contribution in [1.82, 2.24) is 0 Å². The predicted molar refractivity (Wildman–Crippen MR) is 75.1 cm³/mol. The van der Waals surface area contributed by atoms with Gasteiger partial charge in [-0.15, -0.1) is 0 Å². The van der Waals surface area contributed by atoms with E-state index in [1.807, 2.05) is 6.07 Å². The minimum atomic E-state index is 0.997. The van der Waals surface area contributed by atoms with Crippen LogP contribution in [-0.2, 0) is 6.42 Å². The van der Waals surface area contributed by atoms with Crippen molar-refractivity contribution in [2.24, 2.45) is 0 Å². The van der Waals surface area contributed by atoms with Crippen LogP contribution in [0.3, 0.4) is 0 Å². The normalized spacial score (nSPS) is 10.9. The molecule has 0 unspecified atom stereocenters. The van der Waals surface area contributed by atoms with Crippen molar-refractivity contribution in [3.05, 3.63) is 76.9 Å². The molecule has 0 heterocycles. The first-order chi connectivity index (χ1) is 8.24. The van der Waals surface area contributed by atoms with Crippen LogP contribution in [0, 0.1) is 13.8 Å². The summed E-state index contributed by atoms with van der Waals surface area (Å²) < 4.78 is 0. The van der Waals surface area contributed by atoms with E-state index in [0.717, 1.165) is 6.42 Å². The van der Waals surface area contributed by atoms with Gasteiger partial charge in [-0.05, 0) is 31.4 Å². The molecule has 0 saturated heterocycles. The van der Waals surface area contributed by atoms with Crippen molar-refractivity contribution >= 4 is 6.08 Å².